The van der Waals surface area contributed by atoms with Crippen LogP contribution in [0.15, 0.2) is 18.2 Å². The number of non-ortho nitro benzene ring substituents is 1. The minimum atomic E-state index is -0.453. The lowest BCUT2D eigenvalue weighted by Crippen LogP contribution is -2.06. The normalized spacial score (nSPS) is 10.4. The topological polar surface area (TPSA) is 99.7 Å². The molecule has 0 fully saturated rings. The molecule has 112 valence electrons. The van der Waals surface area contributed by atoms with Gasteiger partial charge in [0.05, 0.1) is 18.1 Å². The molecular formula is C13H21N3O4. The van der Waals surface area contributed by atoms with Gasteiger partial charge in [-0.1, -0.05) is 0 Å². The van der Waals surface area contributed by atoms with E-state index in [2.05, 4.69) is 5.32 Å². The van der Waals surface area contributed by atoms with Crippen LogP contribution in [-0.2, 0) is 9.47 Å². The Morgan fingerprint density at radius 1 is 1.25 bits per heavy atom. The summed E-state index contributed by atoms with van der Waals surface area (Å²) in [5, 5.41) is 13.8. The maximum absolute atomic E-state index is 10.7. The Hall–Kier alpha value is -1.86. The molecule has 7 nitrogen and oxygen atoms in total. The highest BCUT2D eigenvalue weighted by Gasteiger charge is 2.07. The molecule has 0 amide bonds. The van der Waals surface area contributed by atoms with Gasteiger partial charge in [0.25, 0.3) is 5.69 Å². The molecule has 20 heavy (non-hydrogen) atoms. The number of anilines is 2. The maximum Gasteiger partial charge on any atom is 0.273 e. The number of nitrogens with one attached hydrogen (secondary N) is 1. The molecule has 0 aliphatic heterocycles. The average molecular weight is 283 g/mol. The molecule has 1 rings (SSSR count). The van der Waals surface area contributed by atoms with Crippen LogP contribution in [-0.4, -0.2) is 38.4 Å². The van der Waals surface area contributed by atoms with Gasteiger partial charge in [0.15, 0.2) is 0 Å². The smallest absolute Gasteiger partial charge is 0.273 e. The maximum atomic E-state index is 10.7. The summed E-state index contributed by atoms with van der Waals surface area (Å²) < 4.78 is 10.2. The summed E-state index contributed by atoms with van der Waals surface area (Å²) in [4.78, 5) is 10.2. The van der Waals surface area contributed by atoms with E-state index < -0.39 is 4.92 Å². The summed E-state index contributed by atoms with van der Waals surface area (Å²) >= 11 is 0. The summed E-state index contributed by atoms with van der Waals surface area (Å²) in [6.07, 6.45) is 1.83. The minimum Gasteiger partial charge on any atom is -0.398 e. The van der Waals surface area contributed by atoms with Crippen LogP contribution in [0.25, 0.3) is 0 Å². The first kappa shape index (κ1) is 16.2. The van der Waals surface area contributed by atoms with Crippen LogP contribution in [0.2, 0.25) is 0 Å². The van der Waals surface area contributed by atoms with Crippen LogP contribution in [0.4, 0.5) is 17.1 Å². The fraction of sp³-hybridized carbons (Fsp3) is 0.538. The van der Waals surface area contributed by atoms with Crippen molar-refractivity contribution >= 4 is 17.1 Å². The number of nitrogen functional groups attached to an aromatic ring is 1. The predicted molar refractivity (Wildman–Crippen MR) is 77.9 cm³/mol. The van der Waals surface area contributed by atoms with Crippen molar-refractivity contribution in [2.45, 2.75) is 12.8 Å². The minimum absolute atomic E-state index is 0.00426. The van der Waals surface area contributed by atoms with Crippen molar-refractivity contribution in [1.29, 1.82) is 0 Å². The molecule has 1 aromatic carbocycles. The number of ether oxygens (including phenoxy) is 2. The van der Waals surface area contributed by atoms with E-state index in [1.165, 1.54) is 12.1 Å². The Balaban J connectivity index is 2.23. The van der Waals surface area contributed by atoms with Crippen LogP contribution >= 0.6 is 0 Å². The zero-order chi connectivity index (χ0) is 14.8. The molecule has 0 radical (unpaired) electrons. The third-order valence-corrected chi connectivity index (χ3v) is 2.63. The molecule has 0 bridgehead atoms. The van der Waals surface area contributed by atoms with Crippen LogP contribution in [0.3, 0.4) is 0 Å². The van der Waals surface area contributed by atoms with Crippen LogP contribution in [0, 0.1) is 10.1 Å². The Bertz CT molecular complexity index is 426. The summed E-state index contributed by atoms with van der Waals surface area (Å²) in [6.45, 7) is 2.60. The number of methoxy groups -OCH3 is 1. The average Bonchev–Trinajstić information content (AvgIpc) is 2.41. The Labute approximate surface area is 118 Å². The molecule has 0 aliphatic rings. The lowest BCUT2D eigenvalue weighted by atomic mass is 10.2. The number of nitro benzene ring substituents is 1. The Morgan fingerprint density at radius 2 is 2.05 bits per heavy atom. The predicted octanol–water partition coefficient (Wildman–Crippen LogP) is 2.03. The highest BCUT2D eigenvalue weighted by atomic mass is 16.6. The number of nitro groups is 1. The number of nitrogens with two attached hydrogens (primary N) is 1. The van der Waals surface area contributed by atoms with Crippen LogP contribution in [0.5, 0.6) is 0 Å². The summed E-state index contributed by atoms with van der Waals surface area (Å²) in [7, 11) is 1.64. The molecule has 0 heterocycles. The van der Waals surface area contributed by atoms with E-state index in [9.17, 15) is 10.1 Å². The van der Waals surface area contributed by atoms with Gasteiger partial charge in [0.1, 0.15) is 0 Å². The summed E-state index contributed by atoms with van der Waals surface area (Å²) in [5.41, 5.74) is 6.66. The zero-order valence-corrected chi connectivity index (χ0v) is 11.6. The summed E-state index contributed by atoms with van der Waals surface area (Å²) in [5.74, 6) is 0. The molecule has 7 heteroatoms. The van der Waals surface area contributed by atoms with E-state index in [0.717, 1.165) is 12.8 Å². The van der Waals surface area contributed by atoms with Gasteiger partial charge >= 0.3 is 0 Å². The summed E-state index contributed by atoms with van der Waals surface area (Å²) in [6, 6.07) is 4.50. The van der Waals surface area contributed by atoms with Gasteiger partial charge in [-0.05, 0) is 18.9 Å². The number of nitrogens with zero attached hydrogens (tertiary/aromatic N) is 1. The van der Waals surface area contributed by atoms with Crippen molar-refractivity contribution in [2.75, 3.05) is 44.5 Å². The SMILES string of the molecule is COCCOCCCCNc1cc(N)cc([N+](=O)[O-])c1. The molecule has 0 aliphatic carbocycles. The molecule has 3 N–H and O–H groups in total. The standard InChI is InChI=1S/C13H21N3O4/c1-19-6-7-20-5-3-2-4-15-12-8-11(14)9-13(10-12)16(17)18/h8-10,15H,2-7,14H2,1H3. The molecule has 0 unspecified atom stereocenters. The molecule has 1 aromatic rings. The highest BCUT2D eigenvalue weighted by molar-refractivity contribution is 5.61. The van der Waals surface area contributed by atoms with Gasteiger partial charge in [-0.15, -0.1) is 0 Å². The quantitative estimate of drug-likeness (QED) is 0.295. The lowest BCUT2D eigenvalue weighted by Gasteiger charge is -2.07. The van der Waals surface area contributed by atoms with Crippen molar-refractivity contribution < 1.29 is 14.4 Å². The first-order valence-electron chi connectivity index (χ1n) is 6.49. The van der Waals surface area contributed by atoms with Crippen molar-refractivity contribution in [3.8, 4) is 0 Å². The number of benzene rings is 1. The van der Waals surface area contributed by atoms with Gasteiger partial charge in [-0.3, -0.25) is 10.1 Å². The molecule has 0 aromatic heterocycles. The fourth-order valence-corrected chi connectivity index (χ4v) is 1.65. The van der Waals surface area contributed by atoms with Gasteiger partial charge in [0.2, 0.25) is 0 Å². The Kier molecular flexibility index (Phi) is 7.38. The van der Waals surface area contributed by atoms with E-state index in [1.807, 2.05) is 0 Å². The second-order valence-electron chi connectivity index (χ2n) is 4.31. The van der Waals surface area contributed by atoms with Crippen molar-refractivity contribution in [3.05, 3.63) is 28.3 Å². The second-order valence-corrected chi connectivity index (χ2v) is 4.31. The van der Waals surface area contributed by atoms with Crippen LogP contribution in [0.1, 0.15) is 12.8 Å². The van der Waals surface area contributed by atoms with E-state index in [0.29, 0.717) is 37.7 Å². The largest absolute Gasteiger partial charge is 0.398 e. The molecule has 0 saturated carbocycles. The van der Waals surface area contributed by atoms with Crippen molar-refractivity contribution in [2.24, 2.45) is 0 Å². The van der Waals surface area contributed by atoms with E-state index in [1.54, 1.807) is 13.2 Å². The monoisotopic (exact) mass is 283 g/mol. The zero-order valence-electron chi connectivity index (χ0n) is 11.6. The van der Waals surface area contributed by atoms with Crippen LogP contribution < -0.4 is 11.1 Å². The fourth-order valence-electron chi connectivity index (χ4n) is 1.65. The molecular weight excluding hydrogens is 262 g/mol. The first-order valence-corrected chi connectivity index (χ1v) is 6.49. The van der Waals surface area contributed by atoms with E-state index >= 15 is 0 Å². The highest BCUT2D eigenvalue weighted by Crippen LogP contribution is 2.22. The third-order valence-electron chi connectivity index (χ3n) is 2.63. The Morgan fingerprint density at radius 3 is 2.75 bits per heavy atom. The molecule has 0 atom stereocenters. The second kappa shape index (κ2) is 9.11. The van der Waals surface area contributed by atoms with Gasteiger partial charge in [0, 0.05) is 43.8 Å². The van der Waals surface area contributed by atoms with Gasteiger partial charge < -0.3 is 20.5 Å². The number of unbranched alkanes of at least 4 members (excludes halogenated alkanes) is 1. The number of hydrogen-bond donors (Lipinski definition) is 2. The van der Waals surface area contributed by atoms with Gasteiger partial charge in [-0.2, -0.15) is 0 Å². The van der Waals surface area contributed by atoms with E-state index in [-0.39, 0.29) is 5.69 Å². The molecule has 0 spiro atoms. The molecule has 0 saturated heterocycles. The van der Waals surface area contributed by atoms with Crippen molar-refractivity contribution in [1.82, 2.24) is 0 Å². The number of hydrogen-bond acceptors (Lipinski definition) is 6. The first-order chi connectivity index (χ1) is 9.63. The third kappa shape index (κ3) is 6.35. The van der Waals surface area contributed by atoms with Gasteiger partial charge in [-0.25, -0.2) is 0 Å². The van der Waals surface area contributed by atoms with E-state index in [4.69, 9.17) is 15.2 Å². The number of rotatable bonds is 10. The van der Waals surface area contributed by atoms with Crippen molar-refractivity contribution in [3.63, 3.8) is 0 Å². The lowest BCUT2D eigenvalue weighted by molar-refractivity contribution is -0.384.